The van der Waals surface area contributed by atoms with Gasteiger partial charge < -0.3 is 0 Å². The van der Waals surface area contributed by atoms with Crippen molar-refractivity contribution >= 4 is 43.6 Å². The van der Waals surface area contributed by atoms with E-state index in [1.807, 2.05) is 30.1 Å². The molecule has 1 nitrogen and oxygen atoms in total. The molecule has 0 spiro atoms. The first-order valence-corrected chi connectivity index (χ1v) is 7.45. The number of aromatic nitrogens is 1. The van der Waals surface area contributed by atoms with Crippen molar-refractivity contribution in [2.24, 2.45) is 5.41 Å². The molecule has 76 valence electrons. The summed E-state index contributed by atoms with van der Waals surface area (Å²) in [5.41, 5.74) is 0.557. The van der Waals surface area contributed by atoms with Crippen LogP contribution in [0.3, 0.4) is 0 Å². The average molecular weight is 337 g/mol. The number of rotatable bonds is 4. The number of hydrogen-bond acceptors (Lipinski definition) is 2. The summed E-state index contributed by atoms with van der Waals surface area (Å²) in [6.07, 6.45) is 4.56. The summed E-state index contributed by atoms with van der Waals surface area (Å²) in [4.78, 5) is 4.34. The summed E-state index contributed by atoms with van der Waals surface area (Å²) in [7, 11) is 0. The summed E-state index contributed by atoms with van der Waals surface area (Å²) in [6, 6.07) is 3.99. The normalized spacial score (nSPS) is 18.1. The van der Waals surface area contributed by atoms with Crippen LogP contribution in [0, 0.1) is 5.41 Å². The number of hydrogen-bond donors (Lipinski definition) is 0. The van der Waals surface area contributed by atoms with E-state index < -0.39 is 0 Å². The molecule has 0 radical (unpaired) electrons. The van der Waals surface area contributed by atoms with Gasteiger partial charge in [-0.05, 0) is 46.3 Å². The zero-order valence-electron chi connectivity index (χ0n) is 7.67. The van der Waals surface area contributed by atoms with Crippen LogP contribution in [0.1, 0.15) is 12.8 Å². The third kappa shape index (κ3) is 2.52. The Kier molecular flexibility index (Phi) is 3.55. The van der Waals surface area contributed by atoms with Gasteiger partial charge in [-0.15, -0.1) is 11.8 Å². The Bertz CT molecular complexity index is 326. The van der Waals surface area contributed by atoms with E-state index in [1.54, 1.807) is 0 Å². The lowest BCUT2D eigenvalue weighted by molar-refractivity contribution is 0.685. The van der Waals surface area contributed by atoms with Gasteiger partial charge in [0.2, 0.25) is 0 Å². The van der Waals surface area contributed by atoms with E-state index in [9.17, 15) is 0 Å². The van der Waals surface area contributed by atoms with Gasteiger partial charge in [-0.3, -0.25) is 0 Å². The predicted octanol–water partition coefficient (Wildman–Crippen LogP) is 4.11. The summed E-state index contributed by atoms with van der Waals surface area (Å²) < 4.78 is 1.11. The molecule has 0 amide bonds. The van der Waals surface area contributed by atoms with Gasteiger partial charge in [-0.2, -0.15) is 0 Å². The Balaban J connectivity index is 1.95. The molecule has 0 bridgehead atoms. The number of halogens is 2. The van der Waals surface area contributed by atoms with Crippen LogP contribution in [-0.2, 0) is 0 Å². The molecule has 1 aliphatic carbocycles. The predicted molar refractivity (Wildman–Crippen MR) is 68.1 cm³/mol. The van der Waals surface area contributed by atoms with Crippen molar-refractivity contribution in [1.82, 2.24) is 4.98 Å². The Hall–Kier alpha value is 0.460. The monoisotopic (exact) mass is 335 g/mol. The van der Waals surface area contributed by atoms with E-state index in [0.29, 0.717) is 5.41 Å². The molecule has 1 fully saturated rings. The Morgan fingerprint density at radius 3 is 2.86 bits per heavy atom. The smallest absolute Gasteiger partial charge is 0.110 e. The molecule has 0 aliphatic heterocycles. The fourth-order valence-electron chi connectivity index (χ4n) is 1.19. The minimum atomic E-state index is 0.557. The van der Waals surface area contributed by atoms with E-state index in [0.717, 1.165) is 14.8 Å². The van der Waals surface area contributed by atoms with Crippen molar-refractivity contribution in [3.63, 3.8) is 0 Å². The standard InChI is InChI=1S/C10H11Br2NS/c11-6-10(3-4-10)7-14-9-8(12)2-1-5-13-9/h1-2,5H,3-4,6-7H2. The molecule has 1 aliphatic rings. The third-order valence-corrected chi connectivity index (χ3v) is 5.93. The minimum absolute atomic E-state index is 0.557. The third-order valence-electron chi connectivity index (χ3n) is 2.48. The summed E-state index contributed by atoms with van der Waals surface area (Å²) in [5.74, 6) is 1.17. The topological polar surface area (TPSA) is 12.9 Å². The number of alkyl halides is 1. The molecular weight excluding hydrogens is 326 g/mol. The van der Waals surface area contributed by atoms with Crippen molar-refractivity contribution in [3.8, 4) is 0 Å². The van der Waals surface area contributed by atoms with Crippen molar-refractivity contribution in [3.05, 3.63) is 22.8 Å². The van der Waals surface area contributed by atoms with Gasteiger partial charge in [0.05, 0.1) is 0 Å². The number of thioether (sulfide) groups is 1. The Labute approximate surface area is 105 Å². The molecular formula is C10H11Br2NS. The first kappa shape index (κ1) is 11.0. The van der Waals surface area contributed by atoms with Crippen LogP contribution in [-0.4, -0.2) is 16.1 Å². The summed E-state index contributed by atoms with van der Waals surface area (Å²) in [5, 5.41) is 2.23. The molecule has 1 heterocycles. The van der Waals surface area contributed by atoms with Gasteiger partial charge in [0.25, 0.3) is 0 Å². The molecule has 1 aromatic rings. The molecule has 2 rings (SSSR count). The lowest BCUT2D eigenvalue weighted by Crippen LogP contribution is -2.05. The van der Waals surface area contributed by atoms with E-state index in [4.69, 9.17) is 0 Å². The Morgan fingerprint density at radius 2 is 2.29 bits per heavy atom. The van der Waals surface area contributed by atoms with E-state index in [1.165, 1.54) is 18.6 Å². The van der Waals surface area contributed by atoms with Gasteiger partial charge >= 0.3 is 0 Å². The second-order valence-electron chi connectivity index (χ2n) is 3.71. The zero-order valence-corrected chi connectivity index (χ0v) is 11.7. The SMILES string of the molecule is BrCC1(CSc2ncccc2Br)CC1. The summed E-state index contributed by atoms with van der Waals surface area (Å²) in [6.45, 7) is 0. The maximum atomic E-state index is 4.34. The molecule has 4 heteroatoms. The van der Waals surface area contributed by atoms with Crippen LogP contribution < -0.4 is 0 Å². The maximum absolute atomic E-state index is 4.34. The van der Waals surface area contributed by atoms with Crippen LogP contribution in [0.5, 0.6) is 0 Å². The molecule has 14 heavy (non-hydrogen) atoms. The highest BCUT2D eigenvalue weighted by Crippen LogP contribution is 2.50. The van der Waals surface area contributed by atoms with Crippen molar-refractivity contribution < 1.29 is 0 Å². The van der Waals surface area contributed by atoms with Crippen LogP contribution in [0.4, 0.5) is 0 Å². The van der Waals surface area contributed by atoms with Crippen molar-refractivity contribution in [1.29, 1.82) is 0 Å². The highest BCUT2D eigenvalue weighted by Gasteiger charge is 2.41. The molecule has 0 atom stereocenters. The molecule has 0 unspecified atom stereocenters. The van der Waals surface area contributed by atoms with Gasteiger partial charge in [0, 0.05) is 21.8 Å². The van der Waals surface area contributed by atoms with Gasteiger partial charge in [-0.1, -0.05) is 15.9 Å². The lowest BCUT2D eigenvalue weighted by atomic mass is 10.2. The largest absolute Gasteiger partial charge is 0.249 e. The van der Waals surface area contributed by atoms with E-state index in [2.05, 4.69) is 36.8 Å². The summed E-state index contributed by atoms with van der Waals surface area (Å²) >= 11 is 8.94. The second kappa shape index (κ2) is 4.54. The number of nitrogens with zero attached hydrogens (tertiary/aromatic N) is 1. The van der Waals surface area contributed by atoms with E-state index >= 15 is 0 Å². The molecule has 1 aromatic heterocycles. The van der Waals surface area contributed by atoms with Crippen LogP contribution in [0.2, 0.25) is 0 Å². The maximum Gasteiger partial charge on any atom is 0.110 e. The lowest BCUT2D eigenvalue weighted by Gasteiger charge is -2.10. The Morgan fingerprint density at radius 1 is 1.50 bits per heavy atom. The first-order chi connectivity index (χ1) is 6.76. The molecule has 0 saturated heterocycles. The van der Waals surface area contributed by atoms with Crippen molar-refractivity contribution in [2.75, 3.05) is 11.1 Å². The van der Waals surface area contributed by atoms with Crippen LogP contribution in [0.15, 0.2) is 27.8 Å². The second-order valence-corrected chi connectivity index (χ2v) is 6.09. The average Bonchev–Trinajstić information content (AvgIpc) is 2.98. The molecule has 0 aromatic carbocycles. The first-order valence-electron chi connectivity index (χ1n) is 4.55. The van der Waals surface area contributed by atoms with Crippen LogP contribution in [0.25, 0.3) is 0 Å². The van der Waals surface area contributed by atoms with Crippen LogP contribution >= 0.6 is 43.6 Å². The van der Waals surface area contributed by atoms with Gasteiger partial charge in [-0.25, -0.2) is 4.98 Å². The zero-order chi connectivity index (χ0) is 10.0. The fraction of sp³-hybridized carbons (Fsp3) is 0.500. The van der Waals surface area contributed by atoms with E-state index in [-0.39, 0.29) is 0 Å². The highest BCUT2D eigenvalue weighted by molar-refractivity contribution is 9.10. The minimum Gasteiger partial charge on any atom is -0.249 e. The fourth-order valence-corrected chi connectivity index (χ4v) is 3.99. The highest BCUT2D eigenvalue weighted by atomic mass is 79.9. The molecule has 1 saturated carbocycles. The number of pyridine rings is 1. The van der Waals surface area contributed by atoms with Crippen molar-refractivity contribution in [2.45, 2.75) is 17.9 Å². The van der Waals surface area contributed by atoms with Gasteiger partial charge in [0.15, 0.2) is 0 Å². The quantitative estimate of drug-likeness (QED) is 0.606. The van der Waals surface area contributed by atoms with Gasteiger partial charge in [0.1, 0.15) is 5.03 Å². The molecule has 0 N–H and O–H groups in total.